The molecule has 2 aliphatic rings. The molecule has 0 aliphatic carbocycles. The molecule has 2 saturated heterocycles. The van der Waals surface area contributed by atoms with Gasteiger partial charge in [-0.2, -0.15) is 4.31 Å². The number of hydrogen-bond donors (Lipinski definition) is 0. The van der Waals surface area contributed by atoms with Crippen molar-refractivity contribution in [1.29, 1.82) is 0 Å². The number of aromatic nitrogens is 1. The van der Waals surface area contributed by atoms with Crippen LogP contribution in [0.1, 0.15) is 54.6 Å². The molecule has 9 heteroatoms. The number of rotatable bonds is 6. The summed E-state index contributed by atoms with van der Waals surface area (Å²) in [6.07, 6.45) is 2.87. The van der Waals surface area contributed by atoms with Crippen molar-refractivity contribution >= 4 is 42.6 Å². The van der Waals surface area contributed by atoms with Gasteiger partial charge in [-0.15, -0.1) is 0 Å². The predicted octanol–water partition coefficient (Wildman–Crippen LogP) is 5.41. The van der Waals surface area contributed by atoms with Crippen LogP contribution in [0.15, 0.2) is 41.3 Å². The van der Waals surface area contributed by atoms with Crippen LogP contribution < -0.4 is 4.90 Å². The third kappa shape index (κ3) is 5.46. The minimum absolute atomic E-state index is 0.0403. The Morgan fingerprint density at radius 1 is 1.14 bits per heavy atom. The quantitative estimate of drug-likeness (QED) is 0.417. The van der Waals surface area contributed by atoms with Crippen molar-refractivity contribution in [2.24, 2.45) is 11.8 Å². The summed E-state index contributed by atoms with van der Waals surface area (Å²) in [4.78, 5) is 20.6. The molecule has 3 heterocycles. The van der Waals surface area contributed by atoms with Crippen molar-refractivity contribution in [2.75, 3.05) is 31.1 Å². The second-order valence-corrected chi connectivity index (χ2v) is 13.7. The van der Waals surface area contributed by atoms with Gasteiger partial charge in [0.05, 0.1) is 27.8 Å². The van der Waals surface area contributed by atoms with Crippen molar-refractivity contribution in [3.8, 4) is 0 Å². The minimum Gasteiger partial charge on any atom is -0.376 e. The van der Waals surface area contributed by atoms with E-state index in [-0.39, 0.29) is 16.9 Å². The highest BCUT2D eigenvalue weighted by atomic mass is 32.2. The van der Waals surface area contributed by atoms with E-state index < -0.39 is 10.0 Å². The third-order valence-corrected chi connectivity index (χ3v) is 10.2. The highest BCUT2D eigenvalue weighted by molar-refractivity contribution is 7.89. The van der Waals surface area contributed by atoms with Crippen molar-refractivity contribution in [3.05, 3.63) is 53.1 Å². The van der Waals surface area contributed by atoms with E-state index in [1.807, 2.05) is 6.92 Å². The number of fused-ring (bicyclic) bond motifs is 1. The Bertz CT molecular complexity index is 1380. The molecule has 5 rings (SSSR count). The first-order valence-electron chi connectivity index (χ1n) is 13.0. The molecule has 7 nitrogen and oxygen atoms in total. The number of carbonyl (C=O) groups is 1. The molecule has 0 bridgehead atoms. The zero-order chi connectivity index (χ0) is 26.3. The van der Waals surface area contributed by atoms with Gasteiger partial charge in [0.25, 0.3) is 5.91 Å². The van der Waals surface area contributed by atoms with Gasteiger partial charge in [-0.05, 0) is 86.4 Å². The van der Waals surface area contributed by atoms with Crippen LogP contribution in [0.5, 0.6) is 0 Å². The van der Waals surface area contributed by atoms with Crippen LogP contribution in [0, 0.1) is 25.7 Å². The average Bonchev–Trinajstić information content (AvgIpc) is 3.51. The van der Waals surface area contributed by atoms with Crippen LogP contribution in [0.4, 0.5) is 5.13 Å². The molecule has 0 N–H and O–H groups in total. The second-order valence-electron chi connectivity index (χ2n) is 10.8. The summed E-state index contributed by atoms with van der Waals surface area (Å²) in [6.45, 7) is 10.4. The number of thiazole rings is 1. The maximum Gasteiger partial charge on any atom is 0.260 e. The summed E-state index contributed by atoms with van der Waals surface area (Å²) in [5.74, 6) is 0.451. The maximum atomic E-state index is 13.8. The van der Waals surface area contributed by atoms with Crippen molar-refractivity contribution in [3.63, 3.8) is 0 Å². The van der Waals surface area contributed by atoms with E-state index in [0.29, 0.717) is 48.8 Å². The number of aryl methyl sites for hydroxylation is 2. The van der Waals surface area contributed by atoms with Gasteiger partial charge in [0, 0.05) is 25.3 Å². The zero-order valence-electron chi connectivity index (χ0n) is 21.9. The van der Waals surface area contributed by atoms with E-state index in [2.05, 4.69) is 32.9 Å². The first kappa shape index (κ1) is 26.3. The number of amides is 1. The van der Waals surface area contributed by atoms with Gasteiger partial charge in [-0.3, -0.25) is 9.69 Å². The van der Waals surface area contributed by atoms with Crippen LogP contribution in [0.25, 0.3) is 10.2 Å². The SMILES string of the molecule is Cc1cc(C)c2nc(N(CC3CCCO3)C(=O)c3ccc(S(=O)(=O)N4CC(C)CC(C)C4)cc3)sc2c1. The lowest BCUT2D eigenvalue weighted by molar-refractivity contribution is 0.0917. The number of anilines is 1. The van der Waals surface area contributed by atoms with Crippen LogP contribution in [-0.2, 0) is 14.8 Å². The lowest BCUT2D eigenvalue weighted by Gasteiger charge is -2.34. The summed E-state index contributed by atoms with van der Waals surface area (Å²) in [5, 5.41) is 0.636. The Hall–Kier alpha value is -2.33. The molecule has 1 amide bonds. The zero-order valence-corrected chi connectivity index (χ0v) is 23.6. The third-order valence-electron chi connectivity index (χ3n) is 7.28. The molecular formula is C28H35N3O4S2. The van der Waals surface area contributed by atoms with Crippen LogP contribution in [0.3, 0.4) is 0 Å². The molecule has 2 aliphatic heterocycles. The molecule has 198 valence electrons. The number of benzene rings is 2. The lowest BCUT2D eigenvalue weighted by Crippen LogP contribution is -2.42. The van der Waals surface area contributed by atoms with Gasteiger partial charge in [0.15, 0.2) is 5.13 Å². The van der Waals surface area contributed by atoms with Gasteiger partial charge in [0.1, 0.15) is 0 Å². The highest BCUT2D eigenvalue weighted by Crippen LogP contribution is 2.34. The monoisotopic (exact) mass is 541 g/mol. The number of hydrogen-bond acceptors (Lipinski definition) is 6. The fraction of sp³-hybridized carbons (Fsp3) is 0.500. The van der Waals surface area contributed by atoms with Gasteiger partial charge in [-0.1, -0.05) is 31.3 Å². The predicted molar refractivity (Wildman–Crippen MR) is 148 cm³/mol. The molecule has 3 atom stereocenters. The lowest BCUT2D eigenvalue weighted by atomic mass is 9.94. The van der Waals surface area contributed by atoms with E-state index in [1.165, 1.54) is 11.3 Å². The Morgan fingerprint density at radius 2 is 1.84 bits per heavy atom. The van der Waals surface area contributed by atoms with Crippen molar-refractivity contribution < 1.29 is 17.9 Å². The number of sulfonamides is 1. The van der Waals surface area contributed by atoms with Gasteiger partial charge >= 0.3 is 0 Å². The molecule has 0 spiro atoms. The summed E-state index contributed by atoms with van der Waals surface area (Å²) >= 11 is 1.50. The van der Waals surface area contributed by atoms with E-state index in [0.717, 1.165) is 40.6 Å². The molecule has 37 heavy (non-hydrogen) atoms. The number of nitrogens with zero attached hydrogens (tertiary/aromatic N) is 3. The molecule has 2 aromatic carbocycles. The minimum atomic E-state index is -3.61. The number of ether oxygens (including phenoxy) is 1. The van der Waals surface area contributed by atoms with Gasteiger partial charge in [-0.25, -0.2) is 13.4 Å². The second kappa shape index (κ2) is 10.4. The van der Waals surface area contributed by atoms with Crippen molar-refractivity contribution in [2.45, 2.75) is 58.0 Å². The van der Waals surface area contributed by atoms with E-state index in [1.54, 1.807) is 33.5 Å². The van der Waals surface area contributed by atoms with Crippen LogP contribution in [0.2, 0.25) is 0 Å². The Kier molecular flexibility index (Phi) is 7.42. The summed E-state index contributed by atoms with van der Waals surface area (Å²) in [6, 6.07) is 10.6. The number of carbonyl (C=O) groups excluding carboxylic acids is 1. The molecule has 1 aromatic heterocycles. The Labute approximate surface area is 223 Å². The average molecular weight is 542 g/mol. The van der Waals surface area contributed by atoms with Gasteiger partial charge in [0.2, 0.25) is 10.0 Å². The van der Waals surface area contributed by atoms with E-state index >= 15 is 0 Å². The molecule has 0 radical (unpaired) electrons. The fourth-order valence-electron chi connectivity index (χ4n) is 5.59. The van der Waals surface area contributed by atoms with E-state index in [9.17, 15) is 13.2 Å². The topological polar surface area (TPSA) is 79.8 Å². The number of piperidine rings is 1. The Balaban J connectivity index is 1.44. The van der Waals surface area contributed by atoms with Crippen LogP contribution in [-0.4, -0.2) is 56.0 Å². The molecular weight excluding hydrogens is 506 g/mol. The normalized spacial score (nSPS) is 23.0. The first-order chi connectivity index (χ1) is 17.6. The maximum absolute atomic E-state index is 13.8. The van der Waals surface area contributed by atoms with Gasteiger partial charge < -0.3 is 4.74 Å². The first-order valence-corrected chi connectivity index (χ1v) is 15.3. The Morgan fingerprint density at radius 3 is 2.49 bits per heavy atom. The fourth-order valence-corrected chi connectivity index (χ4v) is 8.42. The standard InChI is InChI=1S/C28H35N3O4S2/c1-18-13-21(4)26-25(14-18)36-28(29-26)31(17-23-6-5-11-35-23)27(32)22-7-9-24(10-8-22)37(33,34)30-15-19(2)12-20(3)16-30/h7-10,13-14,19-20,23H,5-6,11-12,15-17H2,1-4H3. The molecule has 3 aromatic rings. The molecule has 0 saturated carbocycles. The summed E-state index contributed by atoms with van der Waals surface area (Å²) < 4.78 is 35.1. The molecule has 2 fully saturated rings. The van der Waals surface area contributed by atoms with Crippen LogP contribution >= 0.6 is 11.3 Å². The summed E-state index contributed by atoms with van der Waals surface area (Å²) in [5.41, 5.74) is 3.58. The van der Waals surface area contributed by atoms with Crippen molar-refractivity contribution in [1.82, 2.24) is 9.29 Å². The summed E-state index contributed by atoms with van der Waals surface area (Å²) in [7, 11) is -3.61. The van der Waals surface area contributed by atoms with E-state index in [4.69, 9.17) is 9.72 Å². The highest BCUT2D eigenvalue weighted by Gasteiger charge is 2.32. The smallest absolute Gasteiger partial charge is 0.260 e. The largest absolute Gasteiger partial charge is 0.376 e. The molecule has 3 unspecified atom stereocenters.